The van der Waals surface area contributed by atoms with Crippen LogP contribution in [0.4, 0.5) is 4.39 Å². The Morgan fingerprint density at radius 2 is 2.24 bits per heavy atom. The Labute approximate surface area is 102 Å². The van der Waals surface area contributed by atoms with E-state index in [4.69, 9.17) is 0 Å². The van der Waals surface area contributed by atoms with E-state index in [0.717, 1.165) is 24.0 Å². The van der Waals surface area contributed by atoms with Crippen LogP contribution < -0.4 is 5.32 Å². The fraction of sp³-hybridized carbons (Fsp3) is 0.571. The summed E-state index contributed by atoms with van der Waals surface area (Å²) in [4.78, 5) is 0. The Kier molecular flexibility index (Phi) is 3.79. The number of fused-ring (bicyclic) bond motifs is 1. The van der Waals surface area contributed by atoms with Gasteiger partial charge in [0.2, 0.25) is 0 Å². The van der Waals surface area contributed by atoms with Gasteiger partial charge in [-0.25, -0.2) is 4.39 Å². The quantitative estimate of drug-likeness (QED) is 0.843. The molecule has 0 aliphatic heterocycles. The molecule has 0 bridgehead atoms. The van der Waals surface area contributed by atoms with Crippen molar-refractivity contribution in [1.29, 1.82) is 0 Å². The second kappa shape index (κ2) is 5.15. The highest BCUT2D eigenvalue weighted by Gasteiger charge is 2.25. The molecule has 0 fully saturated rings. The fourth-order valence-electron chi connectivity index (χ4n) is 2.32. The van der Waals surface area contributed by atoms with Gasteiger partial charge in [0.25, 0.3) is 0 Å². The first-order valence-electron chi connectivity index (χ1n) is 6.28. The summed E-state index contributed by atoms with van der Waals surface area (Å²) >= 11 is 0. The van der Waals surface area contributed by atoms with Gasteiger partial charge in [0, 0.05) is 12.6 Å². The summed E-state index contributed by atoms with van der Waals surface area (Å²) in [5, 5.41) is 13.1. The van der Waals surface area contributed by atoms with Gasteiger partial charge in [0.15, 0.2) is 0 Å². The highest BCUT2D eigenvalue weighted by Crippen LogP contribution is 2.32. The van der Waals surface area contributed by atoms with Crippen molar-refractivity contribution in [1.82, 2.24) is 5.32 Å². The zero-order chi connectivity index (χ0) is 12.4. The lowest BCUT2D eigenvalue weighted by Crippen LogP contribution is -2.32. The Hall–Kier alpha value is -0.930. The van der Waals surface area contributed by atoms with Crippen molar-refractivity contribution < 1.29 is 9.50 Å². The third-order valence-corrected chi connectivity index (χ3v) is 3.56. The van der Waals surface area contributed by atoms with Gasteiger partial charge < -0.3 is 10.4 Å². The summed E-state index contributed by atoms with van der Waals surface area (Å²) in [6, 6.07) is 5.44. The maximum Gasteiger partial charge on any atom is 0.126 e. The number of aliphatic hydroxyl groups excluding tert-OH is 1. The van der Waals surface area contributed by atoms with Gasteiger partial charge in [0.1, 0.15) is 5.82 Å². The van der Waals surface area contributed by atoms with Crippen molar-refractivity contribution >= 4 is 0 Å². The molecule has 0 saturated heterocycles. The molecule has 2 nitrogen and oxygen atoms in total. The second-order valence-corrected chi connectivity index (χ2v) is 5.12. The van der Waals surface area contributed by atoms with Crippen molar-refractivity contribution in [3.63, 3.8) is 0 Å². The van der Waals surface area contributed by atoms with Crippen molar-refractivity contribution in [2.75, 3.05) is 6.54 Å². The van der Waals surface area contributed by atoms with Gasteiger partial charge in [-0.15, -0.1) is 0 Å². The molecule has 1 aliphatic rings. The van der Waals surface area contributed by atoms with Gasteiger partial charge >= 0.3 is 0 Å². The Morgan fingerprint density at radius 3 is 2.94 bits per heavy atom. The van der Waals surface area contributed by atoms with Crippen molar-refractivity contribution in [3.05, 3.63) is 35.1 Å². The average molecular weight is 237 g/mol. The highest BCUT2D eigenvalue weighted by atomic mass is 19.1. The minimum absolute atomic E-state index is 0.101. The zero-order valence-electron chi connectivity index (χ0n) is 10.4. The van der Waals surface area contributed by atoms with E-state index in [9.17, 15) is 9.50 Å². The molecule has 1 aromatic carbocycles. The minimum atomic E-state index is -0.340. The smallest absolute Gasteiger partial charge is 0.126 e. The summed E-state index contributed by atoms with van der Waals surface area (Å²) in [6.45, 7) is 4.56. The molecular formula is C14H20FNO. The maximum atomic E-state index is 13.5. The first-order chi connectivity index (χ1) is 8.09. The van der Waals surface area contributed by atoms with Crippen LogP contribution in [-0.2, 0) is 6.42 Å². The molecule has 0 heterocycles. The summed E-state index contributed by atoms with van der Waals surface area (Å²) in [5.74, 6) is 0.145. The van der Waals surface area contributed by atoms with E-state index in [1.807, 2.05) is 19.9 Å². The molecule has 0 saturated carbocycles. The molecule has 0 aromatic heterocycles. The highest BCUT2D eigenvalue weighted by molar-refractivity contribution is 5.35. The van der Waals surface area contributed by atoms with Gasteiger partial charge in [-0.1, -0.05) is 26.0 Å². The largest absolute Gasteiger partial charge is 0.392 e. The molecule has 2 N–H and O–H groups in total. The second-order valence-electron chi connectivity index (χ2n) is 5.12. The molecule has 0 spiro atoms. The number of hydrogen-bond acceptors (Lipinski definition) is 2. The molecule has 0 radical (unpaired) electrons. The summed E-state index contributed by atoms with van der Waals surface area (Å²) < 4.78 is 13.5. The van der Waals surface area contributed by atoms with E-state index in [1.165, 1.54) is 6.07 Å². The summed E-state index contributed by atoms with van der Waals surface area (Å²) in [5.41, 5.74) is 1.89. The van der Waals surface area contributed by atoms with Gasteiger partial charge in [-0.05, 0) is 36.0 Å². The number of rotatable bonds is 4. The van der Waals surface area contributed by atoms with Crippen molar-refractivity contribution in [2.45, 2.75) is 38.8 Å². The van der Waals surface area contributed by atoms with Crippen LogP contribution in [0.5, 0.6) is 0 Å². The van der Waals surface area contributed by atoms with Gasteiger partial charge in [-0.3, -0.25) is 0 Å². The molecule has 2 rings (SSSR count). The van der Waals surface area contributed by atoms with Crippen LogP contribution in [0.15, 0.2) is 18.2 Å². The topological polar surface area (TPSA) is 32.3 Å². The van der Waals surface area contributed by atoms with Crippen LogP contribution in [0.2, 0.25) is 0 Å². The molecule has 2 unspecified atom stereocenters. The van der Waals surface area contributed by atoms with E-state index in [1.54, 1.807) is 6.07 Å². The molecular weight excluding hydrogens is 217 g/mol. The van der Waals surface area contributed by atoms with E-state index in [-0.39, 0.29) is 23.9 Å². The molecule has 0 amide bonds. The SMILES string of the molecule is CC(C)C(O)CNC1CCc2c(F)cccc21. The standard InChI is InChI=1S/C14H20FNO/c1-9(2)14(17)8-16-13-7-6-10-11(13)4-3-5-12(10)15/h3-5,9,13-14,16-17H,6-8H2,1-2H3. The van der Waals surface area contributed by atoms with Crippen LogP contribution >= 0.6 is 0 Å². The number of hydrogen-bond donors (Lipinski definition) is 2. The molecule has 1 aliphatic carbocycles. The van der Waals surface area contributed by atoms with E-state index >= 15 is 0 Å². The van der Waals surface area contributed by atoms with E-state index in [2.05, 4.69) is 5.32 Å². The predicted octanol–water partition coefficient (Wildman–Crippen LogP) is 2.42. The normalized spacial score (nSPS) is 20.6. The summed E-state index contributed by atoms with van der Waals surface area (Å²) in [6.07, 6.45) is 1.37. The molecule has 3 heteroatoms. The van der Waals surface area contributed by atoms with Crippen molar-refractivity contribution in [2.24, 2.45) is 5.92 Å². The molecule has 1 aromatic rings. The number of halogens is 1. The molecule has 17 heavy (non-hydrogen) atoms. The van der Waals surface area contributed by atoms with Crippen LogP contribution in [0, 0.1) is 11.7 Å². The van der Waals surface area contributed by atoms with Gasteiger partial charge in [0.05, 0.1) is 6.10 Å². The average Bonchev–Trinajstić information content (AvgIpc) is 2.70. The predicted molar refractivity (Wildman–Crippen MR) is 66.3 cm³/mol. The van der Waals surface area contributed by atoms with Crippen LogP contribution in [-0.4, -0.2) is 17.8 Å². The zero-order valence-corrected chi connectivity index (χ0v) is 10.4. The van der Waals surface area contributed by atoms with Gasteiger partial charge in [-0.2, -0.15) is 0 Å². The van der Waals surface area contributed by atoms with Crippen molar-refractivity contribution in [3.8, 4) is 0 Å². The number of benzene rings is 1. The van der Waals surface area contributed by atoms with Crippen LogP contribution in [0.1, 0.15) is 37.4 Å². The third kappa shape index (κ3) is 2.67. The Balaban J connectivity index is 2.00. The lowest BCUT2D eigenvalue weighted by molar-refractivity contribution is 0.120. The molecule has 2 atom stereocenters. The number of aliphatic hydroxyl groups is 1. The Morgan fingerprint density at radius 1 is 1.47 bits per heavy atom. The lowest BCUT2D eigenvalue weighted by atomic mass is 10.1. The first-order valence-corrected chi connectivity index (χ1v) is 6.28. The molecule has 94 valence electrons. The van der Waals surface area contributed by atoms with Crippen LogP contribution in [0.3, 0.4) is 0 Å². The van der Waals surface area contributed by atoms with E-state index in [0.29, 0.717) is 6.54 Å². The minimum Gasteiger partial charge on any atom is -0.392 e. The number of nitrogens with one attached hydrogen (secondary N) is 1. The Bertz CT molecular complexity index is 392. The van der Waals surface area contributed by atoms with Crippen LogP contribution in [0.25, 0.3) is 0 Å². The fourth-order valence-corrected chi connectivity index (χ4v) is 2.32. The third-order valence-electron chi connectivity index (χ3n) is 3.56. The summed E-state index contributed by atoms with van der Waals surface area (Å²) in [7, 11) is 0. The van der Waals surface area contributed by atoms with E-state index < -0.39 is 0 Å². The maximum absolute atomic E-state index is 13.5. The lowest BCUT2D eigenvalue weighted by Gasteiger charge is -2.19. The monoisotopic (exact) mass is 237 g/mol. The first kappa shape index (κ1) is 12.5.